The first-order valence-electron chi connectivity index (χ1n) is 4.92. The van der Waals surface area contributed by atoms with Crippen molar-refractivity contribution in [2.75, 3.05) is 0 Å². The van der Waals surface area contributed by atoms with Crippen LogP contribution < -0.4 is 0 Å². The number of carboxylic acids is 1. The Morgan fingerprint density at radius 3 is 2.75 bits per heavy atom. The molecule has 2 saturated carbocycles. The molecular weight excluding hydrogens is 152 g/mol. The van der Waals surface area contributed by atoms with E-state index in [1.807, 2.05) is 0 Å². The third kappa shape index (κ3) is 1.05. The molecule has 12 heavy (non-hydrogen) atoms. The Labute approximate surface area is 73.0 Å². The Morgan fingerprint density at radius 2 is 2.08 bits per heavy atom. The van der Waals surface area contributed by atoms with Crippen molar-refractivity contribution in [2.24, 2.45) is 23.7 Å². The Kier molecular flexibility index (Phi) is 1.85. The molecule has 0 saturated heterocycles. The van der Waals surface area contributed by atoms with Crippen molar-refractivity contribution in [3.05, 3.63) is 0 Å². The van der Waals surface area contributed by atoms with Gasteiger partial charge < -0.3 is 5.11 Å². The summed E-state index contributed by atoms with van der Waals surface area (Å²) in [6.45, 7) is 2.22. The summed E-state index contributed by atoms with van der Waals surface area (Å²) in [5.41, 5.74) is 0. The van der Waals surface area contributed by atoms with E-state index < -0.39 is 5.97 Å². The Balaban J connectivity index is 1.95. The molecule has 0 aliphatic heterocycles. The molecule has 2 heteroatoms. The van der Waals surface area contributed by atoms with Crippen molar-refractivity contribution in [2.45, 2.75) is 32.6 Å². The van der Waals surface area contributed by atoms with Crippen LogP contribution in [0.5, 0.6) is 0 Å². The van der Waals surface area contributed by atoms with Crippen LogP contribution in [0.15, 0.2) is 0 Å². The van der Waals surface area contributed by atoms with Gasteiger partial charge >= 0.3 is 5.97 Å². The van der Waals surface area contributed by atoms with E-state index in [9.17, 15) is 4.79 Å². The summed E-state index contributed by atoms with van der Waals surface area (Å²) >= 11 is 0. The molecule has 0 aromatic carbocycles. The normalized spacial score (nSPS) is 45.1. The molecule has 68 valence electrons. The van der Waals surface area contributed by atoms with E-state index in [-0.39, 0.29) is 0 Å². The number of rotatable bonds is 2. The molecule has 2 nitrogen and oxygen atoms in total. The molecule has 0 heterocycles. The lowest BCUT2D eigenvalue weighted by Crippen LogP contribution is -2.42. The standard InChI is InChI=1S/C10H16O2/c1-6-7-3-2-4-8(7)9(6)5-10(11)12/h6-9H,2-5H2,1H3,(H,11,12). The lowest BCUT2D eigenvalue weighted by atomic mass is 9.58. The molecular formula is C10H16O2. The van der Waals surface area contributed by atoms with E-state index in [0.29, 0.717) is 18.3 Å². The zero-order chi connectivity index (χ0) is 8.72. The van der Waals surface area contributed by atoms with Crippen LogP contribution in [-0.4, -0.2) is 11.1 Å². The van der Waals surface area contributed by atoms with Crippen molar-refractivity contribution < 1.29 is 9.90 Å². The average Bonchev–Trinajstić information content (AvgIpc) is 2.44. The molecule has 2 rings (SSSR count). The maximum atomic E-state index is 10.5. The van der Waals surface area contributed by atoms with E-state index in [1.165, 1.54) is 19.3 Å². The highest BCUT2D eigenvalue weighted by molar-refractivity contribution is 5.67. The Morgan fingerprint density at radius 1 is 1.42 bits per heavy atom. The second kappa shape index (κ2) is 2.75. The predicted molar refractivity (Wildman–Crippen MR) is 45.7 cm³/mol. The van der Waals surface area contributed by atoms with Gasteiger partial charge in [0, 0.05) is 6.42 Å². The minimum Gasteiger partial charge on any atom is -0.481 e. The Bertz CT molecular complexity index is 200. The quantitative estimate of drug-likeness (QED) is 0.686. The minimum absolute atomic E-state index is 0.405. The molecule has 0 aromatic rings. The van der Waals surface area contributed by atoms with Gasteiger partial charge in [-0.25, -0.2) is 0 Å². The van der Waals surface area contributed by atoms with E-state index in [0.717, 1.165) is 11.8 Å². The third-order valence-corrected chi connectivity index (χ3v) is 3.94. The molecule has 4 unspecified atom stereocenters. The van der Waals surface area contributed by atoms with Crippen LogP contribution >= 0.6 is 0 Å². The van der Waals surface area contributed by atoms with E-state index in [1.54, 1.807) is 0 Å². The third-order valence-electron chi connectivity index (χ3n) is 3.94. The number of aliphatic carboxylic acids is 1. The fraction of sp³-hybridized carbons (Fsp3) is 0.900. The molecule has 2 aliphatic rings. The Hall–Kier alpha value is -0.530. The van der Waals surface area contributed by atoms with Gasteiger partial charge in [-0.05, 0) is 36.5 Å². The topological polar surface area (TPSA) is 37.3 Å². The summed E-state index contributed by atoms with van der Waals surface area (Å²) in [6, 6.07) is 0. The van der Waals surface area contributed by atoms with E-state index in [4.69, 9.17) is 5.11 Å². The summed E-state index contributed by atoms with van der Waals surface area (Å²) in [5, 5.41) is 8.69. The fourth-order valence-electron chi connectivity index (χ4n) is 3.30. The molecule has 2 aliphatic carbocycles. The van der Waals surface area contributed by atoms with Crippen molar-refractivity contribution in [3.63, 3.8) is 0 Å². The summed E-state index contributed by atoms with van der Waals surface area (Å²) in [7, 11) is 0. The molecule has 0 amide bonds. The highest BCUT2D eigenvalue weighted by atomic mass is 16.4. The van der Waals surface area contributed by atoms with Crippen LogP contribution in [0.4, 0.5) is 0 Å². The van der Waals surface area contributed by atoms with Gasteiger partial charge in [-0.15, -0.1) is 0 Å². The molecule has 0 spiro atoms. The molecule has 1 N–H and O–H groups in total. The van der Waals surface area contributed by atoms with Crippen molar-refractivity contribution in [1.82, 2.24) is 0 Å². The van der Waals surface area contributed by atoms with Crippen molar-refractivity contribution in [1.29, 1.82) is 0 Å². The molecule has 0 aromatic heterocycles. The van der Waals surface area contributed by atoms with E-state index in [2.05, 4.69) is 6.92 Å². The fourth-order valence-corrected chi connectivity index (χ4v) is 3.30. The van der Waals surface area contributed by atoms with Crippen LogP contribution in [0.1, 0.15) is 32.6 Å². The number of hydrogen-bond acceptors (Lipinski definition) is 1. The number of fused-ring (bicyclic) bond motifs is 1. The number of carboxylic acid groups (broad SMARTS) is 1. The van der Waals surface area contributed by atoms with Crippen molar-refractivity contribution in [3.8, 4) is 0 Å². The first kappa shape index (κ1) is 8.09. The summed E-state index contributed by atoms with van der Waals surface area (Å²) in [6.07, 6.45) is 4.37. The predicted octanol–water partition coefficient (Wildman–Crippen LogP) is 2.14. The van der Waals surface area contributed by atoms with Crippen LogP contribution in [-0.2, 0) is 4.79 Å². The van der Waals surface area contributed by atoms with Crippen LogP contribution in [0, 0.1) is 23.7 Å². The lowest BCUT2D eigenvalue weighted by molar-refractivity contribution is -0.142. The maximum absolute atomic E-state index is 10.5. The maximum Gasteiger partial charge on any atom is 0.303 e. The van der Waals surface area contributed by atoms with Gasteiger partial charge in [-0.2, -0.15) is 0 Å². The van der Waals surface area contributed by atoms with Crippen LogP contribution in [0.25, 0.3) is 0 Å². The lowest BCUT2D eigenvalue weighted by Gasteiger charge is -2.47. The second-order valence-corrected chi connectivity index (χ2v) is 4.38. The first-order chi connectivity index (χ1) is 5.70. The van der Waals surface area contributed by atoms with Crippen molar-refractivity contribution >= 4 is 5.97 Å². The summed E-state index contributed by atoms with van der Waals surface area (Å²) < 4.78 is 0. The molecule has 0 radical (unpaired) electrons. The summed E-state index contributed by atoms with van der Waals surface area (Å²) in [4.78, 5) is 10.5. The zero-order valence-electron chi connectivity index (χ0n) is 7.49. The highest BCUT2D eigenvalue weighted by Crippen LogP contribution is 2.56. The minimum atomic E-state index is -0.614. The zero-order valence-corrected chi connectivity index (χ0v) is 7.49. The van der Waals surface area contributed by atoms with Gasteiger partial charge in [-0.1, -0.05) is 13.3 Å². The summed E-state index contributed by atoms with van der Waals surface area (Å²) in [5.74, 6) is 2.19. The van der Waals surface area contributed by atoms with Gasteiger partial charge in [0.2, 0.25) is 0 Å². The largest absolute Gasteiger partial charge is 0.481 e. The van der Waals surface area contributed by atoms with E-state index >= 15 is 0 Å². The smallest absolute Gasteiger partial charge is 0.303 e. The van der Waals surface area contributed by atoms with Gasteiger partial charge in [0.1, 0.15) is 0 Å². The van der Waals surface area contributed by atoms with Crippen LogP contribution in [0.2, 0.25) is 0 Å². The second-order valence-electron chi connectivity index (χ2n) is 4.38. The van der Waals surface area contributed by atoms with Gasteiger partial charge in [-0.3, -0.25) is 4.79 Å². The molecule has 0 bridgehead atoms. The average molecular weight is 168 g/mol. The SMILES string of the molecule is CC1C2CCCC2C1CC(=O)O. The van der Waals surface area contributed by atoms with Gasteiger partial charge in [0.15, 0.2) is 0 Å². The van der Waals surface area contributed by atoms with Gasteiger partial charge in [0.05, 0.1) is 0 Å². The molecule has 2 fully saturated rings. The van der Waals surface area contributed by atoms with Gasteiger partial charge in [0.25, 0.3) is 0 Å². The van der Waals surface area contributed by atoms with Crippen LogP contribution in [0.3, 0.4) is 0 Å². The monoisotopic (exact) mass is 168 g/mol. The number of carbonyl (C=O) groups is 1. The first-order valence-corrected chi connectivity index (χ1v) is 4.92. The molecule has 4 atom stereocenters. The highest BCUT2D eigenvalue weighted by Gasteiger charge is 2.49. The number of hydrogen-bond donors (Lipinski definition) is 1.